The zero-order valence-electron chi connectivity index (χ0n) is 7.41. The molecular weight excluding hydrogens is 226 g/mol. The van der Waals surface area contributed by atoms with Gasteiger partial charge in [0.2, 0.25) is 0 Å². The zero-order chi connectivity index (χ0) is 11.5. The topological polar surface area (TPSA) is 132 Å². The Morgan fingerprint density at radius 3 is 2.73 bits per heavy atom. The molecule has 15 heavy (non-hydrogen) atoms. The van der Waals surface area contributed by atoms with Crippen LogP contribution in [0, 0.1) is 0 Å². The van der Waals surface area contributed by atoms with Gasteiger partial charge < -0.3 is 15.2 Å². The van der Waals surface area contributed by atoms with Gasteiger partial charge in [-0.3, -0.25) is 4.79 Å². The molecule has 0 aliphatic rings. The third-order valence-corrected chi connectivity index (χ3v) is 2.94. The van der Waals surface area contributed by atoms with E-state index in [9.17, 15) is 13.2 Å². The molecule has 0 aliphatic heterocycles. The number of H-pyrrole nitrogens is 1. The first-order chi connectivity index (χ1) is 6.97. The Morgan fingerprint density at radius 1 is 1.67 bits per heavy atom. The summed E-state index contributed by atoms with van der Waals surface area (Å²) in [6, 6.07) is -1.57. The van der Waals surface area contributed by atoms with Crippen LogP contribution in [0.3, 0.4) is 0 Å². The minimum Gasteiger partial charge on any atom is -0.480 e. The van der Waals surface area contributed by atoms with Crippen molar-refractivity contribution in [3.8, 4) is 0 Å². The number of carboxylic acid groups (broad SMARTS) is 1. The van der Waals surface area contributed by atoms with Gasteiger partial charge >= 0.3 is 5.97 Å². The molecule has 1 heterocycles. The van der Waals surface area contributed by atoms with Crippen LogP contribution in [0.4, 0.5) is 0 Å². The predicted molar refractivity (Wildman–Crippen MR) is 47.4 cm³/mol. The standard InChI is InChI=1S/C6H9N3O5S/c10-2-4(6(11)12)9-15(13,14)5-1-7-3-8-5/h1,3-4,9-10H,2H2,(H,7,8)(H,11,12)/t4-/m0/s1. The first-order valence-corrected chi connectivity index (χ1v) is 5.30. The fourth-order valence-electron chi connectivity index (χ4n) is 0.807. The molecule has 0 amide bonds. The van der Waals surface area contributed by atoms with E-state index in [1.807, 2.05) is 0 Å². The van der Waals surface area contributed by atoms with Gasteiger partial charge in [0.05, 0.1) is 19.1 Å². The molecule has 0 fully saturated rings. The molecule has 1 aromatic rings. The lowest BCUT2D eigenvalue weighted by molar-refractivity contribution is -0.139. The molecule has 0 radical (unpaired) electrons. The Bertz CT molecular complexity index is 426. The van der Waals surface area contributed by atoms with Gasteiger partial charge in [0, 0.05) is 0 Å². The van der Waals surface area contributed by atoms with Crippen LogP contribution in [0.15, 0.2) is 17.6 Å². The molecule has 0 bridgehead atoms. The number of carbonyl (C=O) groups is 1. The van der Waals surface area contributed by atoms with Crippen molar-refractivity contribution in [2.24, 2.45) is 0 Å². The van der Waals surface area contributed by atoms with Crippen molar-refractivity contribution in [3.63, 3.8) is 0 Å². The maximum Gasteiger partial charge on any atom is 0.324 e. The number of hydrogen-bond donors (Lipinski definition) is 4. The molecule has 1 aromatic heterocycles. The summed E-state index contributed by atoms with van der Waals surface area (Å²) in [7, 11) is -3.98. The first-order valence-electron chi connectivity index (χ1n) is 3.81. The monoisotopic (exact) mass is 235 g/mol. The maximum atomic E-state index is 11.4. The summed E-state index contributed by atoms with van der Waals surface area (Å²) in [6.07, 6.45) is 2.17. The predicted octanol–water partition coefficient (Wildman–Crippen LogP) is -1.87. The highest BCUT2D eigenvalue weighted by Gasteiger charge is 2.25. The number of sulfonamides is 1. The van der Waals surface area contributed by atoms with Crippen molar-refractivity contribution in [2.75, 3.05) is 6.61 Å². The Kier molecular flexibility index (Phi) is 3.39. The molecule has 0 saturated carbocycles. The summed E-state index contributed by atoms with van der Waals surface area (Å²) in [5, 5.41) is 16.9. The van der Waals surface area contributed by atoms with Crippen LogP contribution in [-0.2, 0) is 14.8 Å². The minimum atomic E-state index is -3.98. The average molecular weight is 235 g/mol. The Balaban J connectivity index is 2.86. The molecular formula is C6H9N3O5S. The molecule has 0 aliphatic carbocycles. The highest BCUT2D eigenvalue weighted by atomic mass is 32.2. The molecule has 9 heteroatoms. The largest absolute Gasteiger partial charge is 0.480 e. The molecule has 0 unspecified atom stereocenters. The van der Waals surface area contributed by atoms with Crippen molar-refractivity contribution in [1.29, 1.82) is 0 Å². The molecule has 1 rings (SSSR count). The van der Waals surface area contributed by atoms with E-state index in [4.69, 9.17) is 10.2 Å². The summed E-state index contributed by atoms with van der Waals surface area (Å²) >= 11 is 0. The van der Waals surface area contributed by atoms with Crippen molar-refractivity contribution in [1.82, 2.24) is 14.7 Å². The number of nitrogens with zero attached hydrogens (tertiary/aromatic N) is 1. The fraction of sp³-hybridized carbons (Fsp3) is 0.333. The number of aliphatic hydroxyl groups excluding tert-OH is 1. The molecule has 0 aromatic carbocycles. The smallest absolute Gasteiger partial charge is 0.324 e. The number of aromatic nitrogens is 2. The quantitative estimate of drug-likeness (QED) is 0.472. The summed E-state index contributed by atoms with van der Waals surface area (Å²) in [6.45, 7) is -0.831. The molecule has 0 spiro atoms. The summed E-state index contributed by atoms with van der Waals surface area (Å²) in [5.41, 5.74) is 0. The molecule has 1 atom stereocenters. The third kappa shape index (κ3) is 2.75. The SMILES string of the molecule is O=C(O)[C@H](CO)NS(=O)(=O)c1cnc[nH]1. The Hall–Kier alpha value is -1.45. The Morgan fingerprint density at radius 2 is 2.33 bits per heavy atom. The van der Waals surface area contributed by atoms with Gasteiger partial charge in [-0.2, -0.15) is 4.72 Å². The van der Waals surface area contributed by atoms with Crippen LogP contribution >= 0.6 is 0 Å². The number of nitrogens with one attached hydrogen (secondary N) is 2. The van der Waals surface area contributed by atoms with E-state index in [0.717, 1.165) is 12.5 Å². The van der Waals surface area contributed by atoms with Crippen LogP contribution in [0.1, 0.15) is 0 Å². The highest BCUT2D eigenvalue weighted by Crippen LogP contribution is 2.03. The summed E-state index contributed by atoms with van der Waals surface area (Å²) in [5.74, 6) is -1.46. The highest BCUT2D eigenvalue weighted by molar-refractivity contribution is 7.89. The lowest BCUT2D eigenvalue weighted by Crippen LogP contribution is -2.43. The van der Waals surface area contributed by atoms with Gasteiger partial charge in [-0.1, -0.05) is 0 Å². The molecule has 84 valence electrons. The van der Waals surface area contributed by atoms with Gasteiger partial charge in [0.15, 0.2) is 5.03 Å². The normalized spacial score (nSPS) is 13.7. The van der Waals surface area contributed by atoms with Crippen LogP contribution in [0.2, 0.25) is 0 Å². The van der Waals surface area contributed by atoms with Crippen molar-refractivity contribution in [2.45, 2.75) is 11.1 Å². The van der Waals surface area contributed by atoms with Crippen LogP contribution in [0.25, 0.3) is 0 Å². The van der Waals surface area contributed by atoms with E-state index in [2.05, 4.69) is 9.97 Å². The summed E-state index contributed by atoms with van der Waals surface area (Å²) < 4.78 is 24.6. The second kappa shape index (κ2) is 4.38. The van der Waals surface area contributed by atoms with Crippen molar-refractivity contribution in [3.05, 3.63) is 12.5 Å². The van der Waals surface area contributed by atoms with Crippen molar-refractivity contribution >= 4 is 16.0 Å². The van der Waals surface area contributed by atoms with Gasteiger partial charge in [0.25, 0.3) is 10.0 Å². The van der Waals surface area contributed by atoms with E-state index in [1.165, 1.54) is 0 Å². The number of aliphatic hydroxyl groups is 1. The first kappa shape index (κ1) is 11.6. The van der Waals surface area contributed by atoms with Crippen LogP contribution < -0.4 is 4.72 Å². The third-order valence-electron chi connectivity index (χ3n) is 1.54. The van der Waals surface area contributed by atoms with Gasteiger partial charge in [0.1, 0.15) is 6.04 Å². The van der Waals surface area contributed by atoms with Gasteiger partial charge in [-0.05, 0) is 0 Å². The van der Waals surface area contributed by atoms with Crippen molar-refractivity contribution < 1.29 is 23.4 Å². The van der Waals surface area contributed by atoms with Crippen LogP contribution in [-0.4, -0.2) is 47.2 Å². The number of aliphatic carboxylic acids is 1. The number of rotatable bonds is 5. The molecule has 4 N–H and O–H groups in total. The molecule has 8 nitrogen and oxygen atoms in total. The Labute approximate surface area is 85.0 Å². The second-order valence-corrected chi connectivity index (χ2v) is 4.29. The van der Waals surface area contributed by atoms with E-state index in [1.54, 1.807) is 4.72 Å². The minimum absolute atomic E-state index is 0.262. The molecule has 0 saturated heterocycles. The lowest BCUT2D eigenvalue weighted by Gasteiger charge is -2.10. The number of carboxylic acids is 1. The fourth-order valence-corrected chi connectivity index (χ4v) is 1.89. The average Bonchev–Trinajstić information content (AvgIpc) is 2.67. The van der Waals surface area contributed by atoms with E-state index < -0.39 is 28.6 Å². The van der Waals surface area contributed by atoms with E-state index in [0.29, 0.717) is 0 Å². The number of aromatic amines is 1. The number of hydrogen-bond acceptors (Lipinski definition) is 5. The van der Waals surface area contributed by atoms with Crippen LogP contribution in [0.5, 0.6) is 0 Å². The zero-order valence-corrected chi connectivity index (χ0v) is 8.23. The number of imidazole rings is 1. The van der Waals surface area contributed by atoms with E-state index >= 15 is 0 Å². The summed E-state index contributed by atoms with van der Waals surface area (Å²) in [4.78, 5) is 16.3. The van der Waals surface area contributed by atoms with E-state index in [-0.39, 0.29) is 5.03 Å². The lowest BCUT2D eigenvalue weighted by atomic mass is 10.3. The van der Waals surface area contributed by atoms with Gasteiger partial charge in [-0.15, -0.1) is 0 Å². The van der Waals surface area contributed by atoms with Gasteiger partial charge in [-0.25, -0.2) is 13.4 Å². The maximum absolute atomic E-state index is 11.4. The second-order valence-electron chi connectivity index (χ2n) is 2.61.